The second-order valence-corrected chi connectivity index (χ2v) is 5.52. The molecule has 3 rings (SSSR count). The molecule has 1 aromatic heterocycles. The molecule has 0 spiro atoms. The van der Waals surface area contributed by atoms with Crippen molar-refractivity contribution in [3.63, 3.8) is 0 Å². The van der Waals surface area contributed by atoms with Crippen LogP contribution >= 0.6 is 22.6 Å². The Kier molecular flexibility index (Phi) is 3.43. The second-order valence-electron chi connectivity index (χ2n) is 4.35. The van der Waals surface area contributed by atoms with Crippen LogP contribution in [0.4, 0.5) is 21.5 Å². The van der Waals surface area contributed by atoms with Crippen molar-refractivity contribution in [2.24, 2.45) is 0 Å². The molecule has 0 aliphatic heterocycles. The van der Waals surface area contributed by atoms with Gasteiger partial charge in [-0.05, 0) is 52.9 Å². The maximum Gasteiger partial charge on any atom is 0.138 e. The minimum atomic E-state index is -0.291. The molecule has 1 heterocycles. The van der Waals surface area contributed by atoms with E-state index < -0.39 is 0 Å². The van der Waals surface area contributed by atoms with Crippen LogP contribution in [0.2, 0.25) is 0 Å². The van der Waals surface area contributed by atoms with Crippen LogP contribution in [0.15, 0.2) is 48.7 Å². The summed E-state index contributed by atoms with van der Waals surface area (Å²) in [6.45, 7) is 0. The standard InChI is InChI=1S/C15H11FIN3/c16-10-7-15(12(18)8-11(10)17)20-14-5-1-4-13-9(14)3-2-6-19-13/h1-8,20H,18H2. The molecular formula is C15H11FIN3. The number of benzene rings is 2. The maximum absolute atomic E-state index is 13.7. The summed E-state index contributed by atoms with van der Waals surface area (Å²) in [5, 5.41) is 4.14. The van der Waals surface area contributed by atoms with Crippen molar-refractivity contribution in [2.45, 2.75) is 0 Å². The van der Waals surface area contributed by atoms with E-state index in [0.29, 0.717) is 14.9 Å². The molecule has 0 saturated carbocycles. The summed E-state index contributed by atoms with van der Waals surface area (Å²) < 4.78 is 14.2. The van der Waals surface area contributed by atoms with Crippen LogP contribution in [-0.4, -0.2) is 4.98 Å². The molecule has 20 heavy (non-hydrogen) atoms. The van der Waals surface area contributed by atoms with Gasteiger partial charge in [-0.15, -0.1) is 0 Å². The van der Waals surface area contributed by atoms with E-state index in [1.165, 1.54) is 6.07 Å². The number of rotatable bonds is 2. The number of fused-ring (bicyclic) bond motifs is 1. The molecule has 0 aliphatic rings. The summed E-state index contributed by atoms with van der Waals surface area (Å²) in [6.07, 6.45) is 1.74. The summed E-state index contributed by atoms with van der Waals surface area (Å²) in [6, 6.07) is 12.6. The summed E-state index contributed by atoms with van der Waals surface area (Å²) in [4.78, 5) is 4.29. The van der Waals surface area contributed by atoms with Crippen molar-refractivity contribution in [3.8, 4) is 0 Å². The zero-order valence-corrected chi connectivity index (χ0v) is 12.6. The Labute approximate surface area is 129 Å². The Bertz CT molecular complexity index is 784. The molecule has 3 N–H and O–H groups in total. The number of hydrogen-bond acceptors (Lipinski definition) is 3. The molecule has 2 aromatic carbocycles. The minimum absolute atomic E-state index is 0.291. The lowest BCUT2D eigenvalue weighted by Crippen LogP contribution is -1.99. The molecule has 0 atom stereocenters. The fourth-order valence-corrected chi connectivity index (χ4v) is 2.52. The van der Waals surface area contributed by atoms with Gasteiger partial charge in [0.2, 0.25) is 0 Å². The van der Waals surface area contributed by atoms with Gasteiger partial charge in [0.05, 0.1) is 20.5 Å². The summed E-state index contributed by atoms with van der Waals surface area (Å²) >= 11 is 1.92. The zero-order chi connectivity index (χ0) is 14.1. The first kappa shape index (κ1) is 13.1. The normalized spacial score (nSPS) is 10.7. The monoisotopic (exact) mass is 379 g/mol. The summed E-state index contributed by atoms with van der Waals surface area (Å²) in [7, 11) is 0. The number of nitrogens with one attached hydrogen (secondary N) is 1. The number of nitrogens with zero attached hydrogens (tertiary/aromatic N) is 1. The van der Waals surface area contributed by atoms with Crippen molar-refractivity contribution in [1.29, 1.82) is 0 Å². The van der Waals surface area contributed by atoms with Gasteiger partial charge < -0.3 is 11.1 Å². The highest BCUT2D eigenvalue weighted by atomic mass is 127. The molecular weight excluding hydrogens is 368 g/mol. The second kappa shape index (κ2) is 5.24. The molecule has 0 unspecified atom stereocenters. The van der Waals surface area contributed by atoms with Crippen molar-refractivity contribution in [1.82, 2.24) is 4.98 Å². The van der Waals surface area contributed by atoms with Gasteiger partial charge in [-0.25, -0.2) is 4.39 Å². The minimum Gasteiger partial charge on any atom is -0.397 e. The molecule has 0 bridgehead atoms. The third-order valence-corrected chi connectivity index (χ3v) is 3.83. The lowest BCUT2D eigenvalue weighted by atomic mass is 10.1. The Morgan fingerprint density at radius 3 is 2.80 bits per heavy atom. The van der Waals surface area contributed by atoms with Gasteiger partial charge in [-0.2, -0.15) is 0 Å². The molecule has 5 heteroatoms. The van der Waals surface area contributed by atoms with Crippen molar-refractivity contribution >= 4 is 50.6 Å². The fraction of sp³-hybridized carbons (Fsp3) is 0. The van der Waals surface area contributed by atoms with Crippen LogP contribution in [0.3, 0.4) is 0 Å². The highest BCUT2D eigenvalue weighted by molar-refractivity contribution is 14.1. The highest BCUT2D eigenvalue weighted by Crippen LogP contribution is 2.30. The van der Waals surface area contributed by atoms with E-state index in [2.05, 4.69) is 10.3 Å². The number of aromatic nitrogens is 1. The number of halogens is 2. The van der Waals surface area contributed by atoms with Crippen LogP contribution in [0.5, 0.6) is 0 Å². The van der Waals surface area contributed by atoms with Crippen LogP contribution in [0, 0.1) is 9.39 Å². The molecule has 0 radical (unpaired) electrons. The van der Waals surface area contributed by atoms with Crippen LogP contribution in [-0.2, 0) is 0 Å². The van der Waals surface area contributed by atoms with E-state index in [9.17, 15) is 4.39 Å². The smallest absolute Gasteiger partial charge is 0.138 e. The van der Waals surface area contributed by atoms with E-state index in [1.807, 2.05) is 52.9 Å². The molecule has 3 nitrogen and oxygen atoms in total. The third kappa shape index (κ3) is 2.40. The average molecular weight is 379 g/mol. The Morgan fingerprint density at radius 2 is 1.95 bits per heavy atom. The number of hydrogen-bond donors (Lipinski definition) is 2. The SMILES string of the molecule is Nc1cc(I)c(F)cc1Nc1cccc2ncccc12. The fourth-order valence-electron chi connectivity index (χ4n) is 2.03. The van der Waals surface area contributed by atoms with Crippen molar-refractivity contribution < 1.29 is 4.39 Å². The molecule has 0 aliphatic carbocycles. The number of pyridine rings is 1. The van der Waals surface area contributed by atoms with Crippen LogP contribution in [0.25, 0.3) is 10.9 Å². The Morgan fingerprint density at radius 1 is 1.10 bits per heavy atom. The van der Waals surface area contributed by atoms with E-state index in [-0.39, 0.29) is 5.82 Å². The van der Waals surface area contributed by atoms with E-state index in [4.69, 9.17) is 5.73 Å². The third-order valence-electron chi connectivity index (χ3n) is 3.01. The van der Waals surface area contributed by atoms with E-state index >= 15 is 0 Å². The predicted octanol–water partition coefficient (Wildman–Crippen LogP) is 4.30. The van der Waals surface area contributed by atoms with Gasteiger partial charge in [0.15, 0.2) is 0 Å². The number of nitrogen functional groups attached to an aromatic ring is 1. The van der Waals surface area contributed by atoms with E-state index in [1.54, 1.807) is 12.3 Å². The lowest BCUT2D eigenvalue weighted by Gasteiger charge is -2.12. The zero-order valence-electron chi connectivity index (χ0n) is 10.4. The van der Waals surface area contributed by atoms with Crippen molar-refractivity contribution in [3.05, 3.63) is 58.0 Å². The molecule has 0 amide bonds. The largest absolute Gasteiger partial charge is 0.397 e. The maximum atomic E-state index is 13.7. The Hall–Kier alpha value is -1.89. The van der Waals surface area contributed by atoms with Gasteiger partial charge in [0, 0.05) is 23.3 Å². The number of anilines is 3. The molecule has 100 valence electrons. The topological polar surface area (TPSA) is 50.9 Å². The van der Waals surface area contributed by atoms with Gasteiger partial charge in [0.1, 0.15) is 5.82 Å². The predicted molar refractivity (Wildman–Crippen MR) is 88.6 cm³/mol. The van der Waals surface area contributed by atoms with Crippen LogP contribution in [0.1, 0.15) is 0 Å². The average Bonchev–Trinajstić information content (AvgIpc) is 2.45. The molecule has 0 fully saturated rings. The van der Waals surface area contributed by atoms with Crippen molar-refractivity contribution in [2.75, 3.05) is 11.1 Å². The summed E-state index contributed by atoms with van der Waals surface area (Å²) in [5.41, 5.74) is 8.73. The van der Waals surface area contributed by atoms with Crippen LogP contribution < -0.4 is 11.1 Å². The lowest BCUT2D eigenvalue weighted by molar-refractivity contribution is 0.621. The van der Waals surface area contributed by atoms with Gasteiger partial charge in [-0.3, -0.25) is 4.98 Å². The van der Waals surface area contributed by atoms with Gasteiger partial charge in [0.25, 0.3) is 0 Å². The first-order valence-corrected chi connectivity index (χ1v) is 7.08. The van der Waals surface area contributed by atoms with Gasteiger partial charge >= 0.3 is 0 Å². The summed E-state index contributed by atoms with van der Waals surface area (Å²) in [5.74, 6) is -0.291. The highest BCUT2D eigenvalue weighted by Gasteiger charge is 2.08. The quantitative estimate of drug-likeness (QED) is 0.516. The Balaban J connectivity index is 2.08. The molecule has 0 saturated heterocycles. The van der Waals surface area contributed by atoms with E-state index in [0.717, 1.165) is 16.6 Å². The molecule has 3 aromatic rings. The first-order valence-electron chi connectivity index (χ1n) is 6.00. The first-order chi connectivity index (χ1) is 9.65. The van der Waals surface area contributed by atoms with Gasteiger partial charge in [-0.1, -0.05) is 6.07 Å². The number of nitrogens with two attached hydrogens (primary N) is 1.